The van der Waals surface area contributed by atoms with E-state index in [0.717, 1.165) is 30.7 Å². The van der Waals surface area contributed by atoms with Crippen molar-refractivity contribution in [1.29, 1.82) is 0 Å². The summed E-state index contributed by atoms with van der Waals surface area (Å²) in [5.41, 5.74) is 6.79. The second kappa shape index (κ2) is 15.4. The van der Waals surface area contributed by atoms with Crippen LogP contribution in [-0.2, 0) is 9.59 Å². The van der Waals surface area contributed by atoms with E-state index in [4.69, 9.17) is 15.9 Å². The lowest BCUT2D eigenvalue weighted by Crippen LogP contribution is -2.51. The van der Waals surface area contributed by atoms with Crippen LogP contribution in [0.4, 0.5) is 0 Å². The Hall–Kier alpha value is -2.47. The van der Waals surface area contributed by atoms with Gasteiger partial charge in [-0.3, -0.25) is 20.3 Å². The molecule has 0 aliphatic carbocycles. The van der Waals surface area contributed by atoms with Gasteiger partial charge in [0.1, 0.15) is 12.6 Å². The number of terminal acetylenes is 1. The fourth-order valence-corrected chi connectivity index (χ4v) is 2.89. The van der Waals surface area contributed by atoms with Crippen molar-refractivity contribution in [2.75, 3.05) is 32.3 Å². The van der Waals surface area contributed by atoms with Crippen LogP contribution < -0.4 is 25.6 Å². The Morgan fingerprint density at radius 3 is 2.80 bits per heavy atom. The zero-order valence-corrected chi connectivity index (χ0v) is 18.6. The summed E-state index contributed by atoms with van der Waals surface area (Å²) in [6.07, 6.45) is 12.8. The fraction of sp³-hybridized carbons (Fsp3) is 0.455. The third-order valence-corrected chi connectivity index (χ3v) is 4.67. The largest absolute Gasteiger partial charge is 0.493 e. The molecule has 0 unspecified atom stereocenters. The number of thioether (sulfide) groups is 1. The number of methoxy groups -OCH3 is 1. The molecule has 1 aromatic carbocycles. The minimum absolute atomic E-state index is 0.134. The summed E-state index contributed by atoms with van der Waals surface area (Å²) in [6, 6.07) is 4.71. The van der Waals surface area contributed by atoms with Crippen molar-refractivity contribution in [2.24, 2.45) is 0 Å². The number of carbonyl (C=O) groups is 2. The summed E-state index contributed by atoms with van der Waals surface area (Å²) < 4.78 is 10.7. The lowest BCUT2D eigenvalue weighted by Gasteiger charge is -2.17. The minimum Gasteiger partial charge on any atom is -0.493 e. The van der Waals surface area contributed by atoms with Gasteiger partial charge in [0.05, 0.1) is 7.11 Å². The molecule has 1 rings (SSSR count). The van der Waals surface area contributed by atoms with Crippen LogP contribution >= 0.6 is 11.8 Å². The van der Waals surface area contributed by atoms with Gasteiger partial charge in [0.15, 0.2) is 11.5 Å². The molecule has 1 aromatic rings. The Morgan fingerprint density at radius 2 is 2.13 bits per heavy atom. The predicted octanol–water partition coefficient (Wildman–Crippen LogP) is 2.38. The van der Waals surface area contributed by atoms with Crippen molar-refractivity contribution in [1.82, 2.24) is 16.2 Å². The van der Waals surface area contributed by atoms with Crippen LogP contribution in [0.5, 0.6) is 11.5 Å². The molecule has 7 nitrogen and oxygen atoms in total. The van der Waals surface area contributed by atoms with E-state index in [9.17, 15) is 9.59 Å². The lowest BCUT2D eigenvalue weighted by molar-refractivity contribution is -0.129. The Labute approximate surface area is 183 Å². The van der Waals surface area contributed by atoms with Crippen LogP contribution in [0, 0.1) is 12.3 Å². The minimum atomic E-state index is -0.490. The van der Waals surface area contributed by atoms with Gasteiger partial charge in [0, 0.05) is 12.6 Å². The topological polar surface area (TPSA) is 88.7 Å². The van der Waals surface area contributed by atoms with E-state index in [2.05, 4.69) is 29.0 Å². The van der Waals surface area contributed by atoms with Gasteiger partial charge in [-0.2, -0.15) is 11.8 Å². The van der Waals surface area contributed by atoms with E-state index >= 15 is 0 Å². The molecule has 0 saturated carbocycles. The number of hydrazine groups is 1. The molecular weight excluding hydrogens is 402 g/mol. The molecule has 0 fully saturated rings. The Morgan fingerprint density at radius 1 is 1.33 bits per heavy atom. The molecule has 0 saturated heterocycles. The summed E-state index contributed by atoms with van der Waals surface area (Å²) >= 11 is 1.65. The van der Waals surface area contributed by atoms with Crippen molar-refractivity contribution in [3.05, 3.63) is 29.8 Å². The second-order valence-corrected chi connectivity index (χ2v) is 7.33. The second-order valence-electron chi connectivity index (χ2n) is 6.35. The maximum Gasteiger partial charge on any atom is 0.250 e. The Balaban J connectivity index is 2.67. The number of hydrogen-bond acceptors (Lipinski definition) is 7. The first kappa shape index (κ1) is 25.6. The van der Waals surface area contributed by atoms with Crippen LogP contribution in [0.1, 0.15) is 31.7 Å². The van der Waals surface area contributed by atoms with Gasteiger partial charge < -0.3 is 9.47 Å². The standard InChI is InChI=1S/C22H31N3O4S/c1-5-7-13-23-25-18(12-15-30-4)22(27)24-21(26)11-9-17-8-10-19(29-14-6-2)20(16-17)28-3/h2,8-11,16,18,23,25H,5,7,12-15H2,1,3-4H3,(H,24,26,27)/b11-9+/t18-/m0/s1. The molecule has 2 amide bonds. The van der Waals surface area contributed by atoms with Crippen LogP contribution in [0.3, 0.4) is 0 Å². The smallest absolute Gasteiger partial charge is 0.250 e. The molecule has 8 heteroatoms. The fourth-order valence-electron chi connectivity index (χ4n) is 2.41. The number of rotatable bonds is 14. The third-order valence-electron chi connectivity index (χ3n) is 4.03. The molecule has 0 aliphatic heterocycles. The van der Waals surface area contributed by atoms with Crippen molar-refractivity contribution >= 4 is 29.7 Å². The zero-order chi connectivity index (χ0) is 22.2. The lowest BCUT2D eigenvalue weighted by atomic mass is 10.2. The molecule has 3 N–H and O–H groups in total. The highest BCUT2D eigenvalue weighted by molar-refractivity contribution is 7.98. The van der Waals surface area contributed by atoms with Crippen molar-refractivity contribution in [2.45, 2.75) is 32.2 Å². The molecule has 0 heterocycles. The Kier molecular flexibility index (Phi) is 13.1. The molecule has 0 spiro atoms. The summed E-state index contributed by atoms with van der Waals surface area (Å²) in [5, 5.41) is 2.41. The molecule has 0 aliphatic rings. The molecular formula is C22H31N3O4S. The highest BCUT2D eigenvalue weighted by Gasteiger charge is 2.18. The molecule has 0 aromatic heterocycles. The van der Waals surface area contributed by atoms with E-state index < -0.39 is 11.9 Å². The van der Waals surface area contributed by atoms with Gasteiger partial charge in [-0.1, -0.05) is 25.3 Å². The van der Waals surface area contributed by atoms with Gasteiger partial charge in [-0.25, -0.2) is 5.43 Å². The number of unbranched alkanes of at least 4 members (excludes halogenated alkanes) is 1. The Bertz CT molecular complexity index is 746. The zero-order valence-electron chi connectivity index (χ0n) is 17.8. The third kappa shape index (κ3) is 9.83. The van der Waals surface area contributed by atoms with Crippen molar-refractivity contribution < 1.29 is 19.1 Å². The molecule has 0 radical (unpaired) electrons. The highest BCUT2D eigenvalue weighted by atomic mass is 32.2. The first-order chi connectivity index (χ1) is 14.5. The van der Waals surface area contributed by atoms with E-state index in [1.54, 1.807) is 36.0 Å². The normalized spacial score (nSPS) is 11.7. The van der Waals surface area contributed by atoms with E-state index in [0.29, 0.717) is 17.9 Å². The summed E-state index contributed by atoms with van der Waals surface area (Å²) in [6.45, 7) is 2.99. The number of nitrogens with one attached hydrogen (secondary N) is 3. The van der Waals surface area contributed by atoms with Crippen LogP contribution in [0.25, 0.3) is 6.08 Å². The van der Waals surface area contributed by atoms with E-state index in [1.165, 1.54) is 13.2 Å². The van der Waals surface area contributed by atoms with Gasteiger partial charge in [-0.15, -0.1) is 6.42 Å². The first-order valence-corrected chi connectivity index (χ1v) is 11.2. The molecule has 30 heavy (non-hydrogen) atoms. The molecule has 1 atom stereocenters. The van der Waals surface area contributed by atoms with E-state index in [-0.39, 0.29) is 12.5 Å². The summed E-state index contributed by atoms with van der Waals surface area (Å²) in [4.78, 5) is 24.6. The number of imide groups is 1. The SMILES string of the molecule is C#CCOc1ccc(/C=C/C(=O)NC(=O)[C@H](CCSC)NNCCCC)cc1OC. The maximum atomic E-state index is 12.4. The average molecular weight is 434 g/mol. The quantitative estimate of drug-likeness (QED) is 0.180. The van der Waals surface area contributed by atoms with Crippen LogP contribution in [0.2, 0.25) is 0 Å². The van der Waals surface area contributed by atoms with Crippen molar-refractivity contribution in [3.8, 4) is 23.8 Å². The predicted molar refractivity (Wildman–Crippen MR) is 122 cm³/mol. The van der Waals surface area contributed by atoms with Gasteiger partial charge >= 0.3 is 0 Å². The van der Waals surface area contributed by atoms with E-state index in [1.807, 2.05) is 6.26 Å². The van der Waals surface area contributed by atoms with Crippen molar-refractivity contribution in [3.63, 3.8) is 0 Å². The first-order valence-electron chi connectivity index (χ1n) is 9.80. The summed E-state index contributed by atoms with van der Waals surface area (Å²) in [7, 11) is 1.52. The van der Waals surface area contributed by atoms with Gasteiger partial charge in [-0.05, 0) is 48.6 Å². The number of hydrogen-bond donors (Lipinski definition) is 3. The maximum absolute atomic E-state index is 12.4. The van der Waals surface area contributed by atoms with Gasteiger partial charge in [0.25, 0.3) is 5.91 Å². The van der Waals surface area contributed by atoms with Crippen LogP contribution in [-0.4, -0.2) is 50.1 Å². The molecule has 164 valence electrons. The number of ether oxygens (including phenoxy) is 2. The van der Waals surface area contributed by atoms with Gasteiger partial charge in [0.2, 0.25) is 5.91 Å². The summed E-state index contributed by atoms with van der Waals surface area (Å²) in [5.74, 6) is 3.37. The average Bonchev–Trinajstić information content (AvgIpc) is 2.75. The monoisotopic (exact) mass is 433 g/mol. The van der Waals surface area contributed by atoms with Crippen LogP contribution in [0.15, 0.2) is 24.3 Å². The number of amides is 2. The highest BCUT2D eigenvalue weighted by Crippen LogP contribution is 2.28. The number of benzene rings is 1. The number of carbonyl (C=O) groups excluding carboxylic acids is 2. The molecule has 0 bridgehead atoms.